The summed E-state index contributed by atoms with van der Waals surface area (Å²) in [6.45, 7) is 9.39. The molecule has 0 saturated carbocycles. The number of aromatic nitrogens is 1. The summed E-state index contributed by atoms with van der Waals surface area (Å²) in [5.41, 5.74) is 2.92. The Kier molecular flexibility index (Phi) is 10.8. The minimum absolute atomic E-state index is 0.0685. The van der Waals surface area contributed by atoms with Crippen molar-refractivity contribution in [3.8, 4) is 0 Å². The van der Waals surface area contributed by atoms with E-state index in [0.29, 0.717) is 65.1 Å². The molecule has 8 heteroatoms. The highest BCUT2D eigenvalue weighted by atomic mass is 35.5. The van der Waals surface area contributed by atoms with Crippen LogP contribution < -0.4 is 10.2 Å². The van der Waals surface area contributed by atoms with E-state index in [0.717, 1.165) is 24.8 Å². The van der Waals surface area contributed by atoms with Crippen LogP contribution >= 0.6 is 11.6 Å². The minimum atomic E-state index is -0.365. The quantitative estimate of drug-likeness (QED) is 0.146. The Hall–Kier alpha value is -3.29. The molecule has 1 amide bonds. The molecule has 0 saturated heterocycles. The van der Waals surface area contributed by atoms with E-state index in [4.69, 9.17) is 16.6 Å². The molecule has 38 heavy (non-hydrogen) atoms. The Morgan fingerprint density at radius 1 is 1.32 bits per heavy atom. The molecular weight excluding hydrogens is 501 g/mol. The van der Waals surface area contributed by atoms with Gasteiger partial charge in [0.05, 0.1) is 22.0 Å². The SMILES string of the molecule is C=CCCN(C(=NC)c1cc(Cl)c(C2=CCCC=C2F)nc1N(C=O)c1ccccc1CC)C(C)CNC. The number of allylic oxidation sites excluding steroid dienone is 4. The highest BCUT2D eigenvalue weighted by Crippen LogP contribution is 2.38. The van der Waals surface area contributed by atoms with Gasteiger partial charge in [-0.2, -0.15) is 0 Å². The third kappa shape index (κ3) is 6.40. The lowest BCUT2D eigenvalue weighted by atomic mass is 10.0. The monoisotopic (exact) mass is 537 g/mol. The molecule has 2 aromatic rings. The summed E-state index contributed by atoms with van der Waals surface area (Å²) in [6.07, 6.45) is 8.72. The van der Waals surface area contributed by atoms with E-state index in [9.17, 15) is 9.18 Å². The van der Waals surface area contributed by atoms with Gasteiger partial charge in [-0.3, -0.25) is 14.7 Å². The highest BCUT2D eigenvalue weighted by Gasteiger charge is 2.28. The van der Waals surface area contributed by atoms with Crippen LogP contribution in [0.15, 0.2) is 66.0 Å². The predicted octanol–water partition coefficient (Wildman–Crippen LogP) is 6.48. The van der Waals surface area contributed by atoms with Crippen molar-refractivity contribution in [2.45, 2.75) is 45.6 Å². The molecule has 3 rings (SSSR count). The Balaban J connectivity index is 2.31. The molecule has 1 heterocycles. The summed E-state index contributed by atoms with van der Waals surface area (Å²) in [5.74, 6) is 0.621. The van der Waals surface area contributed by atoms with E-state index in [1.54, 1.807) is 25.3 Å². The lowest BCUT2D eigenvalue weighted by molar-refractivity contribution is -0.106. The van der Waals surface area contributed by atoms with Crippen LogP contribution in [0, 0.1) is 0 Å². The average molecular weight is 538 g/mol. The van der Waals surface area contributed by atoms with Crippen LogP contribution in [0.5, 0.6) is 0 Å². The molecule has 0 spiro atoms. The normalized spacial score (nSPS) is 14.4. The number of para-hydroxylation sites is 1. The van der Waals surface area contributed by atoms with Crippen LogP contribution in [-0.2, 0) is 11.2 Å². The van der Waals surface area contributed by atoms with Crippen LogP contribution in [0.4, 0.5) is 15.9 Å². The van der Waals surface area contributed by atoms with Gasteiger partial charge in [0.2, 0.25) is 6.41 Å². The molecule has 1 atom stereocenters. The largest absolute Gasteiger partial charge is 0.352 e. The standard InChI is InChI=1S/C30H37ClFN5O/c1-6-8-17-36(21(3)19-33-4)29(34-5)24-18-25(31)28(23-14-10-11-15-26(23)32)35-30(24)37(20-38)27-16-12-9-13-22(27)7-2/h6,9,12-16,18,20-21,33H,1,7-8,10-11,17,19H2,2-5H3. The Bertz CT molecular complexity index is 1240. The highest BCUT2D eigenvalue weighted by molar-refractivity contribution is 6.33. The van der Waals surface area contributed by atoms with Gasteiger partial charge in [0.15, 0.2) is 5.82 Å². The number of likely N-dealkylation sites (N-methyl/N-ethyl adjacent to an activating group) is 1. The number of hydrogen-bond donors (Lipinski definition) is 1. The molecule has 6 nitrogen and oxygen atoms in total. The number of pyridine rings is 1. The Morgan fingerprint density at radius 2 is 2.05 bits per heavy atom. The van der Waals surface area contributed by atoms with Crippen molar-refractivity contribution in [1.82, 2.24) is 15.2 Å². The molecular formula is C30H37ClFN5O. The van der Waals surface area contributed by atoms with Crippen molar-refractivity contribution in [1.29, 1.82) is 0 Å². The number of nitrogens with one attached hydrogen (secondary N) is 1. The maximum atomic E-state index is 14.9. The Morgan fingerprint density at radius 3 is 2.68 bits per heavy atom. The topological polar surface area (TPSA) is 60.8 Å². The fourth-order valence-corrected chi connectivity index (χ4v) is 4.96. The van der Waals surface area contributed by atoms with Crippen molar-refractivity contribution < 1.29 is 9.18 Å². The van der Waals surface area contributed by atoms with Gasteiger partial charge in [-0.15, -0.1) is 6.58 Å². The molecule has 1 N–H and O–H groups in total. The molecule has 202 valence electrons. The first-order valence-corrected chi connectivity index (χ1v) is 13.4. The van der Waals surface area contributed by atoms with E-state index in [1.807, 2.05) is 44.3 Å². The van der Waals surface area contributed by atoms with Crippen molar-refractivity contribution in [2.24, 2.45) is 4.99 Å². The number of carbonyl (C=O) groups is 1. The third-order valence-electron chi connectivity index (χ3n) is 6.60. The number of carbonyl (C=O) groups excluding carboxylic acids is 1. The van der Waals surface area contributed by atoms with Crippen LogP contribution in [0.2, 0.25) is 5.02 Å². The second-order valence-electron chi connectivity index (χ2n) is 9.12. The first-order valence-electron chi connectivity index (χ1n) is 13.0. The Labute approximate surface area is 230 Å². The summed E-state index contributed by atoms with van der Waals surface area (Å²) in [6, 6.07) is 9.51. The number of rotatable bonds is 12. The molecule has 1 aromatic carbocycles. The maximum absolute atomic E-state index is 14.9. The van der Waals surface area contributed by atoms with E-state index in [2.05, 4.69) is 28.7 Å². The van der Waals surface area contributed by atoms with Gasteiger partial charge in [-0.1, -0.05) is 48.9 Å². The van der Waals surface area contributed by atoms with Crippen molar-refractivity contribution in [2.75, 3.05) is 32.1 Å². The summed E-state index contributed by atoms with van der Waals surface area (Å²) >= 11 is 6.80. The van der Waals surface area contributed by atoms with Gasteiger partial charge >= 0.3 is 0 Å². The number of halogens is 2. The predicted molar refractivity (Wildman–Crippen MR) is 157 cm³/mol. The van der Waals surface area contributed by atoms with Gasteiger partial charge in [0.25, 0.3) is 0 Å². The zero-order valence-electron chi connectivity index (χ0n) is 22.7. The van der Waals surface area contributed by atoms with Crippen LogP contribution in [-0.4, -0.2) is 55.4 Å². The van der Waals surface area contributed by atoms with Crippen molar-refractivity contribution >= 4 is 40.9 Å². The van der Waals surface area contributed by atoms with Gasteiger partial charge in [0.1, 0.15) is 11.7 Å². The number of amides is 1. The zero-order chi connectivity index (χ0) is 27.7. The summed E-state index contributed by atoms with van der Waals surface area (Å²) in [4.78, 5) is 25.9. The smallest absolute Gasteiger partial charge is 0.219 e. The first kappa shape index (κ1) is 29.3. The molecule has 0 radical (unpaired) electrons. The van der Waals surface area contributed by atoms with Crippen LogP contribution in [0.1, 0.15) is 49.9 Å². The number of hydrogen-bond acceptors (Lipinski definition) is 4. The molecule has 1 aliphatic carbocycles. The lowest BCUT2D eigenvalue weighted by Crippen LogP contribution is -2.45. The molecule has 0 fully saturated rings. The van der Waals surface area contributed by atoms with E-state index in [-0.39, 0.29) is 11.9 Å². The third-order valence-corrected chi connectivity index (χ3v) is 6.89. The van der Waals surface area contributed by atoms with Crippen molar-refractivity contribution in [3.05, 3.63) is 82.8 Å². The van der Waals surface area contributed by atoms with Crippen LogP contribution in [0.3, 0.4) is 0 Å². The first-order chi connectivity index (χ1) is 18.4. The van der Waals surface area contributed by atoms with Gasteiger partial charge in [-0.05, 0) is 63.4 Å². The van der Waals surface area contributed by atoms with E-state index >= 15 is 0 Å². The second-order valence-corrected chi connectivity index (χ2v) is 9.53. The van der Waals surface area contributed by atoms with Gasteiger partial charge < -0.3 is 10.2 Å². The molecule has 0 aliphatic heterocycles. The summed E-state index contributed by atoms with van der Waals surface area (Å²) in [7, 11) is 3.62. The maximum Gasteiger partial charge on any atom is 0.219 e. The number of benzene rings is 1. The van der Waals surface area contributed by atoms with Crippen LogP contribution in [0.25, 0.3) is 5.57 Å². The number of aliphatic imine (C=N–C) groups is 1. The number of anilines is 2. The lowest BCUT2D eigenvalue weighted by Gasteiger charge is -2.34. The number of nitrogens with zero attached hydrogens (tertiary/aromatic N) is 4. The number of amidine groups is 1. The summed E-state index contributed by atoms with van der Waals surface area (Å²) in [5, 5.41) is 3.52. The molecule has 1 unspecified atom stereocenters. The van der Waals surface area contributed by atoms with Gasteiger partial charge in [0, 0.05) is 31.8 Å². The van der Waals surface area contributed by atoms with E-state index < -0.39 is 0 Å². The van der Waals surface area contributed by atoms with E-state index in [1.165, 1.54) is 4.90 Å². The molecule has 1 aliphatic rings. The minimum Gasteiger partial charge on any atom is -0.352 e. The zero-order valence-corrected chi connectivity index (χ0v) is 23.4. The fourth-order valence-electron chi connectivity index (χ4n) is 4.71. The molecule has 0 bridgehead atoms. The molecule has 1 aromatic heterocycles. The van der Waals surface area contributed by atoms with Crippen molar-refractivity contribution in [3.63, 3.8) is 0 Å². The second kappa shape index (κ2) is 14.0. The summed E-state index contributed by atoms with van der Waals surface area (Å²) < 4.78 is 14.9. The number of aryl methyl sites for hydroxylation is 1. The van der Waals surface area contributed by atoms with Gasteiger partial charge in [-0.25, -0.2) is 9.37 Å². The average Bonchev–Trinajstić information content (AvgIpc) is 2.93. The fraction of sp³-hybridized carbons (Fsp3) is 0.367.